The van der Waals surface area contributed by atoms with Crippen molar-refractivity contribution in [2.24, 2.45) is 10.9 Å². The van der Waals surface area contributed by atoms with Crippen molar-refractivity contribution < 1.29 is 5.21 Å². The average molecular weight is 290 g/mol. The van der Waals surface area contributed by atoms with Crippen LogP contribution in [0, 0.1) is 0 Å². The summed E-state index contributed by atoms with van der Waals surface area (Å²) in [5, 5.41) is 18.4. The van der Waals surface area contributed by atoms with Crippen LogP contribution in [0.3, 0.4) is 0 Å². The van der Waals surface area contributed by atoms with Gasteiger partial charge in [0.15, 0.2) is 0 Å². The first-order valence-electron chi connectivity index (χ1n) is 6.37. The van der Waals surface area contributed by atoms with Crippen LogP contribution in [0.1, 0.15) is 29.5 Å². The Kier molecular flexibility index (Phi) is 5.09. The van der Waals surface area contributed by atoms with Crippen molar-refractivity contribution in [2.75, 3.05) is 6.54 Å². The van der Waals surface area contributed by atoms with E-state index in [-0.39, 0.29) is 17.8 Å². The van der Waals surface area contributed by atoms with Crippen LogP contribution in [0.5, 0.6) is 0 Å². The fourth-order valence-corrected chi connectivity index (χ4v) is 2.65. The van der Waals surface area contributed by atoms with Crippen LogP contribution in [-0.4, -0.2) is 22.6 Å². The van der Waals surface area contributed by atoms with Crippen LogP contribution in [-0.2, 0) is 0 Å². The molecule has 4 N–H and O–H groups in total. The van der Waals surface area contributed by atoms with Gasteiger partial charge >= 0.3 is 0 Å². The number of amidine groups is 1. The summed E-state index contributed by atoms with van der Waals surface area (Å²) in [4.78, 5) is 4.28. The third kappa shape index (κ3) is 3.55. The van der Waals surface area contributed by atoms with Crippen LogP contribution in [0.25, 0.3) is 0 Å². The number of rotatable bonds is 6. The Labute approximate surface area is 122 Å². The molecular formula is C14H18N4OS. The second-order valence-corrected chi connectivity index (χ2v) is 5.41. The molecular weight excluding hydrogens is 272 g/mol. The summed E-state index contributed by atoms with van der Waals surface area (Å²) >= 11 is 1.61. The van der Waals surface area contributed by atoms with Gasteiger partial charge in [0.05, 0.1) is 12.0 Å². The minimum Gasteiger partial charge on any atom is -0.409 e. The quantitative estimate of drug-likeness (QED) is 0.330. The smallest absolute Gasteiger partial charge is 0.147 e. The van der Waals surface area contributed by atoms with Crippen molar-refractivity contribution >= 4 is 17.2 Å². The molecule has 0 aliphatic rings. The molecule has 0 aliphatic carbocycles. The molecule has 5 nitrogen and oxygen atoms in total. The van der Waals surface area contributed by atoms with Crippen molar-refractivity contribution in [3.63, 3.8) is 0 Å². The minimum absolute atomic E-state index is 0.132. The molecule has 106 valence electrons. The summed E-state index contributed by atoms with van der Waals surface area (Å²) < 4.78 is 0. The van der Waals surface area contributed by atoms with E-state index in [1.54, 1.807) is 17.5 Å². The zero-order valence-electron chi connectivity index (χ0n) is 11.2. The molecule has 2 atom stereocenters. The third-order valence-corrected chi connectivity index (χ3v) is 4.08. The third-order valence-electron chi connectivity index (χ3n) is 3.12. The molecule has 0 saturated carbocycles. The Hall–Kier alpha value is -1.92. The highest BCUT2D eigenvalue weighted by atomic mass is 32.1. The number of thiazole rings is 1. The molecule has 2 aromatic rings. The SMILES string of the molecule is CC(NCC(C(N)=NO)c1ccccc1)c1nccs1. The number of nitrogens with zero attached hydrogens (tertiary/aromatic N) is 2. The van der Waals surface area contributed by atoms with Gasteiger partial charge in [-0.3, -0.25) is 0 Å². The van der Waals surface area contributed by atoms with Gasteiger partial charge in [0, 0.05) is 18.1 Å². The van der Waals surface area contributed by atoms with Crippen molar-refractivity contribution in [3.8, 4) is 0 Å². The summed E-state index contributed by atoms with van der Waals surface area (Å²) in [7, 11) is 0. The first-order valence-corrected chi connectivity index (χ1v) is 7.25. The lowest BCUT2D eigenvalue weighted by atomic mass is 9.98. The zero-order chi connectivity index (χ0) is 14.4. The highest BCUT2D eigenvalue weighted by Gasteiger charge is 2.18. The van der Waals surface area contributed by atoms with Crippen molar-refractivity contribution in [3.05, 3.63) is 52.5 Å². The van der Waals surface area contributed by atoms with Gasteiger partial charge in [-0.1, -0.05) is 35.5 Å². The largest absolute Gasteiger partial charge is 0.409 e. The summed E-state index contributed by atoms with van der Waals surface area (Å²) in [5.41, 5.74) is 6.82. The van der Waals surface area contributed by atoms with Crippen molar-refractivity contribution in [1.29, 1.82) is 0 Å². The molecule has 0 fully saturated rings. The van der Waals surface area contributed by atoms with E-state index in [0.717, 1.165) is 10.6 Å². The first kappa shape index (κ1) is 14.5. The van der Waals surface area contributed by atoms with Crippen LogP contribution in [0.2, 0.25) is 0 Å². The predicted molar refractivity (Wildman–Crippen MR) is 81.1 cm³/mol. The second kappa shape index (κ2) is 7.02. The van der Waals surface area contributed by atoms with Gasteiger partial charge in [0.1, 0.15) is 10.8 Å². The Bertz CT molecular complexity index is 542. The molecule has 0 aliphatic heterocycles. The maximum absolute atomic E-state index is 8.94. The zero-order valence-corrected chi connectivity index (χ0v) is 12.0. The van der Waals surface area contributed by atoms with Crippen LogP contribution in [0.4, 0.5) is 0 Å². The van der Waals surface area contributed by atoms with Gasteiger partial charge in [-0.2, -0.15) is 0 Å². The molecule has 20 heavy (non-hydrogen) atoms. The van der Waals surface area contributed by atoms with Gasteiger partial charge in [0.2, 0.25) is 0 Å². The van der Waals surface area contributed by atoms with E-state index in [1.165, 1.54) is 0 Å². The predicted octanol–water partition coefficient (Wildman–Crippen LogP) is 2.32. The van der Waals surface area contributed by atoms with E-state index in [1.807, 2.05) is 42.6 Å². The van der Waals surface area contributed by atoms with E-state index in [4.69, 9.17) is 10.9 Å². The minimum atomic E-state index is -0.163. The number of nitrogens with two attached hydrogens (primary N) is 1. The summed E-state index contributed by atoms with van der Waals surface area (Å²) in [6, 6.07) is 9.90. The fourth-order valence-electron chi connectivity index (χ4n) is 1.98. The van der Waals surface area contributed by atoms with E-state index < -0.39 is 0 Å². The molecule has 6 heteroatoms. The maximum Gasteiger partial charge on any atom is 0.147 e. The van der Waals surface area contributed by atoms with Crippen molar-refractivity contribution in [2.45, 2.75) is 18.9 Å². The van der Waals surface area contributed by atoms with Gasteiger partial charge in [-0.15, -0.1) is 11.3 Å². The number of aromatic nitrogens is 1. The van der Waals surface area contributed by atoms with Gasteiger partial charge in [-0.25, -0.2) is 4.98 Å². The normalized spacial score (nSPS) is 14.9. The Morgan fingerprint density at radius 3 is 2.80 bits per heavy atom. The molecule has 1 aromatic carbocycles. The molecule has 0 spiro atoms. The highest BCUT2D eigenvalue weighted by molar-refractivity contribution is 7.09. The Balaban J connectivity index is 2.06. The lowest BCUT2D eigenvalue weighted by molar-refractivity contribution is 0.315. The fraction of sp³-hybridized carbons (Fsp3) is 0.286. The summed E-state index contributed by atoms with van der Waals surface area (Å²) in [6.45, 7) is 2.63. The standard InChI is InChI=1S/C14H18N4OS/c1-10(14-16-7-8-20-14)17-9-12(13(15)18-19)11-5-3-2-4-6-11/h2-8,10,12,17,19H,9H2,1H3,(H2,15,18). The van der Waals surface area contributed by atoms with Gasteiger partial charge in [0.25, 0.3) is 0 Å². The molecule has 1 aromatic heterocycles. The van der Waals surface area contributed by atoms with E-state index in [9.17, 15) is 0 Å². The molecule has 2 unspecified atom stereocenters. The monoisotopic (exact) mass is 290 g/mol. The molecule has 0 bridgehead atoms. The number of benzene rings is 1. The first-order chi connectivity index (χ1) is 9.72. The van der Waals surface area contributed by atoms with Crippen LogP contribution in [0.15, 0.2) is 47.1 Å². The molecule has 0 saturated heterocycles. The van der Waals surface area contributed by atoms with Crippen LogP contribution >= 0.6 is 11.3 Å². The van der Waals surface area contributed by atoms with E-state index in [2.05, 4.69) is 15.5 Å². The van der Waals surface area contributed by atoms with E-state index >= 15 is 0 Å². The van der Waals surface area contributed by atoms with Crippen molar-refractivity contribution in [1.82, 2.24) is 10.3 Å². The van der Waals surface area contributed by atoms with E-state index in [0.29, 0.717) is 6.54 Å². The number of hydrogen-bond donors (Lipinski definition) is 3. The summed E-state index contributed by atoms with van der Waals surface area (Å²) in [5.74, 6) is 0.0404. The lowest BCUT2D eigenvalue weighted by Gasteiger charge is -2.19. The molecule has 0 radical (unpaired) electrons. The maximum atomic E-state index is 8.94. The Morgan fingerprint density at radius 2 is 2.20 bits per heavy atom. The number of oxime groups is 1. The molecule has 2 rings (SSSR count). The second-order valence-electron chi connectivity index (χ2n) is 4.49. The lowest BCUT2D eigenvalue weighted by Crippen LogP contribution is -2.32. The van der Waals surface area contributed by atoms with Gasteiger partial charge in [-0.05, 0) is 12.5 Å². The number of nitrogens with one attached hydrogen (secondary N) is 1. The average Bonchev–Trinajstić information content (AvgIpc) is 3.02. The van der Waals surface area contributed by atoms with Crippen LogP contribution < -0.4 is 11.1 Å². The molecule has 0 amide bonds. The highest BCUT2D eigenvalue weighted by Crippen LogP contribution is 2.19. The summed E-state index contributed by atoms with van der Waals surface area (Å²) in [6.07, 6.45) is 1.79. The topological polar surface area (TPSA) is 83.5 Å². The number of hydrogen-bond acceptors (Lipinski definition) is 5. The van der Waals surface area contributed by atoms with Gasteiger partial charge < -0.3 is 16.3 Å². The molecule has 1 heterocycles. The Morgan fingerprint density at radius 1 is 1.45 bits per heavy atom.